The van der Waals surface area contributed by atoms with Crippen LogP contribution in [0.25, 0.3) is 44.3 Å². The lowest BCUT2D eigenvalue weighted by atomic mass is 9.92. The van der Waals surface area contributed by atoms with Gasteiger partial charge >= 0.3 is 11.4 Å². The Bertz CT molecular complexity index is 2890. The van der Waals surface area contributed by atoms with Crippen molar-refractivity contribution in [3.63, 3.8) is 0 Å². The molecule has 0 saturated heterocycles. The molecular weight excluding hydrogens is 757 g/mol. The maximum atomic E-state index is 13.1. The first kappa shape index (κ1) is 40.9. The summed E-state index contributed by atoms with van der Waals surface area (Å²) in [6.45, 7) is 7.99. The van der Waals surface area contributed by atoms with Crippen LogP contribution in [-0.2, 0) is 13.1 Å². The highest BCUT2D eigenvalue weighted by atomic mass is 16.5. The van der Waals surface area contributed by atoms with E-state index in [0.717, 1.165) is 44.9 Å². The number of aryl methyl sites for hydroxylation is 1. The van der Waals surface area contributed by atoms with E-state index in [2.05, 4.69) is 91.1 Å². The third kappa shape index (κ3) is 9.77. The van der Waals surface area contributed by atoms with Crippen LogP contribution in [0.3, 0.4) is 0 Å². The molecule has 2 saturated carbocycles. The molecule has 8 heteroatoms. The molecule has 9 rings (SSSR count). The van der Waals surface area contributed by atoms with Crippen LogP contribution in [0.1, 0.15) is 81.4 Å². The SMILES string of the molecule is C#CCOc1ccc2c(c1)c(-c1ccc(C3CC3)cc1)nc(=O)n2CCC(C)(C)C.C#CCOc1ccc2c(c1)c(-c1ccc(C3CC3)cc1)nc(=O)n2Cc1ccccc1. The molecule has 8 nitrogen and oxygen atoms in total. The molecule has 0 amide bonds. The zero-order chi connectivity index (χ0) is 42.5. The first-order valence-electron chi connectivity index (χ1n) is 21.0. The van der Waals surface area contributed by atoms with Crippen LogP contribution >= 0.6 is 0 Å². The van der Waals surface area contributed by atoms with Crippen molar-refractivity contribution in [1.29, 1.82) is 0 Å². The first-order valence-corrected chi connectivity index (χ1v) is 21.0. The fourth-order valence-corrected chi connectivity index (χ4v) is 7.63. The van der Waals surface area contributed by atoms with Crippen LogP contribution in [0.15, 0.2) is 125 Å². The number of nitrogens with zero attached hydrogens (tertiary/aromatic N) is 4. The second-order valence-corrected chi connectivity index (χ2v) is 17.2. The van der Waals surface area contributed by atoms with Gasteiger partial charge < -0.3 is 9.47 Å². The van der Waals surface area contributed by atoms with E-state index in [4.69, 9.17) is 22.3 Å². The average molecular weight is 807 g/mol. The Hall–Kier alpha value is -6.90. The third-order valence-electron chi connectivity index (χ3n) is 11.3. The Morgan fingerprint density at radius 1 is 0.623 bits per heavy atom. The van der Waals surface area contributed by atoms with Crippen molar-refractivity contribution in [2.75, 3.05) is 13.2 Å². The van der Waals surface area contributed by atoms with Gasteiger partial charge in [0.25, 0.3) is 0 Å². The summed E-state index contributed by atoms with van der Waals surface area (Å²) in [6, 6.07) is 38.2. The van der Waals surface area contributed by atoms with Crippen LogP contribution in [0, 0.1) is 30.1 Å². The van der Waals surface area contributed by atoms with E-state index in [9.17, 15) is 9.59 Å². The zero-order valence-electron chi connectivity index (χ0n) is 35.1. The van der Waals surface area contributed by atoms with Crippen molar-refractivity contribution in [3.8, 4) is 58.7 Å². The number of rotatable bonds is 12. The molecular formula is C53H50N4O4. The van der Waals surface area contributed by atoms with Crippen molar-refractivity contribution in [2.24, 2.45) is 5.41 Å². The lowest BCUT2D eigenvalue weighted by molar-refractivity contribution is 0.349. The van der Waals surface area contributed by atoms with Crippen LogP contribution < -0.4 is 20.9 Å². The monoisotopic (exact) mass is 806 g/mol. The third-order valence-corrected chi connectivity index (χ3v) is 11.3. The van der Waals surface area contributed by atoms with Gasteiger partial charge in [-0.25, -0.2) is 9.59 Å². The molecule has 0 bridgehead atoms. The highest BCUT2D eigenvalue weighted by Gasteiger charge is 2.25. The van der Waals surface area contributed by atoms with Crippen LogP contribution in [0.4, 0.5) is 0 Å². The smallest absolute Gasteiger partial charge is 0.348 e. The maximum absolute atomic E-state index is 13.1. The quantitative estimate of drug-likeness (QED) is 0.114. The number of hydrogen-bond donors (Lipinski definition) is 0. The number of benzene rings is 5. The number of fused-ring (bicyclic) bond motifs is 2. The van der Waals surface area contributed by atoms with Gasteiger partial charge in [0.15, 0.2) is 0 Å². The highest BCUT2D eigenvalue weighted by molar-refractivity contribution is 5.94. The largest absolute Gasteiger partial charge is 0.481 e. The van der Waals surface area contributed by atoms with Crippen LogP contribution in [0.2, 0.25) is 0 Å². The Balaban J connectivity index is 0.000000169. The minimum absolute atomic E-state index is 0.124. The lowest BCUT2D eigenvalue weighted by Gasteiger charge is -2.20. The Kier molecular flexibility index (Phi) is 11.9. The van der Waals surface area contributed by atoms with Crippen molar-refractivity contribution in [1.82, 2.24) is 19.1 Å². The first-order chi connectivity index (χ1) is 29.6. The predicted octanol–water partition coefficient (Wildman–Crippen LogP) is 10.4. The van der Waals surface area contributed by atoms with Gasteiger partial charge in [0.05, 0.1) is 29.0 Å². The summed E-state index contributed by atoms with van der Waals surface area (Å²) < 4.78 is 14.8. The Morgan fingerprint density at radius 2 is 1.08 bits per heavy atom. The van der Waals surface area contributed by atoms with Gasteiger partial charge in [-0.05, 0) is 102 Å². The summed E-state index contributed by atoms with van der Waals surface area (Å²) in [6.07, 6.45) is 16.6. The van der Waals surface area contributed by atoms with Crippen LogP contribution in [-0.4, -0.2) is 32.3 Å². The van der Waals surface area contributed by atoms with Gasteiger partial charge in [-0.15, -0.1) is 12.8 Å². The van der Waals surface area contributed by atoms with Gasteiger partial charge in [-0.1, -0.05) is 111 Å². The normalized spacial score (nSPS) is 13.5. The number of hydrogen-bond acceptors (Lipinski definition) is 6. The van der Waals surface area contributed by atoms with E-state index in [1.165, 1.54) is 36.8 Å². The molecule has 2 fully saturated rings. The Morgan fingerprint density at radius 3 is 1.52 bits per heavy atom. The standard InChI is InChI=1S/C27H22N2O2.C26H28N2O2/c1-2-16-31-23-14-15-25-24(17-23)26(22-12-10-21(11-13-22)20-8-9-20)28-27(30)29(25)18-19-6-4-3-5-7-19;1-5-16-30-21-12-13-23-22(17-21)24(20-10-8-19(9-11-20)18-6-7-18)27-25(29)28(23)15-14-26(2,3)4/h1,3-7,10-15,17,20H,8-9,16,18H2;1,8-13,17-18H,6-7,14-16H2,2-4H3. The summed E-state index contributed by atoms with van der Waals surface area (Å²) in [5.74, 6) is 7.71. The number of ether oxygens (including phenoxy) is 2. The van der Waals surface area contributed by atoms with E-state index in [0.29, 0.717) is 47.8 Å². The number of aromatic nitrogens is 4. The van der Waals surface area contributed by atoms with Crippen molar-refractivity contribution in [3.05, 3.63) is 153 Å². The van der Waals surface area contributed by atoms with Crippen molar-refractivity contribution in [2.45, 2.75) is 77.8 Å². The van der Waals surface area contributed by atoms with Crippen molar-refractivity contribution >= 4 is 21.8 Å². The van der Waals surface area contributed by atoms with E-state index < -0.39 is 0 Å². The zero-order valence-corrected chi connectivity index (χ0v) is 35.1. The molecule has 61 heavy (non-hydrogen) atoms. The van der Waals surface area contributed by atoms with Crippen LogP contribution in [0.5, 0.6) is 11.5 Å². The van der Waals surface area contributed by atoms with E-state index >= 15 is 0 Å². The molecule has 0 aliphatic heterocycles. The topological polar surface area (TPSA) is 88.2 Å². The highest BCUT2D eigenvalue weighted by Crippen LogP contribution is 2.42. The second-order valence-electron chi connectivity index (χ2n) is 17.2. The van der Waals surface area contributed by atoms with Gasteiger partial charge in [-0.2, -0.15) is 9.97 Å². The molecule has 7 aromatic rings. The van der Waals surface area contributed by atoms with Gasteiger partial charge in [0, 0.05) is 28.4 Å². The van der Waals surface area contributed by atoms with Gasteiger partial charge in [0.2, 0.25) is 0 Å². The van der Waals surface area contributed by atoms with Gasteiger partial charge in [-0.3, -0.25) is 9.13 Å². The molecule has 0 atom stereocenters. The number of terminal acetylenes is 2. The summed E-state index contributed by atoms with van der Waals surface area (Å²) in [7, 11) is 0. The Labute approximate surface area is 357 Å². The fourth-order valence-electron chi connectivity index (χ4n) is 7.63. The molecule has 306 valence electrons. The lowest BCUT2D eigenvalue weighted by Crippen LogP contribution is -2.26. The summed E-state index contributed by atoms with van der Waals surface area (Å²) in [5.41, 5.74) is 8.30. The molecule has 0 radical (unpaired) electrons. The second kappa shape index (κ2) is 17.8. The average Bonchev–Trinajstić information content (AvgIpc) is 4.21. The molecule has 0 N–H and O–H groups in total. The minimum Gasteiger partial charge on any atom is -0.481 e. The molecule has 2 aliphatic carbocycles. The summed E-state index contributed by atoms with van der Waals surface area (Å²) in [5, 5.41) is 1.77. The summed E-state index contributed by atoms with van der Waals surface area (Å²) in [4.78, 5) is 35.0. The molecule has 0 spiro atoms. The van der Waals surface area contributed by atoms with Crippen molar-refractivity contribution < 1.29 is 9.47 Å². The molecule has 5 aromatic carbocycles. The van der Waals surface area contributed by atoms with E-state index in [1.807, 2.05) is 66.7 Å². The molecule has 2 heterocycles. The molecule has 2 aromatic heterocycles. The van der Waals surface area contributed by atoms with Gasteiger partial charge in [0.1, 0.15) is 24.7 Å². The fraction of sp³-hybridized carbons (Fsp3) is 0.283. The maximum Gasteiger partial charge on any atom is 0.348 e. The predicted molar refractivity (Wildman–Crippen MR) is 245 cm³/mol. The minimum atomic E-state index is -0.269. The summed E-state index contributed by atoms with van der Waals surface area (Å²) >= 11 is 0. The molecule has 2 aliphatic rings. The van der Waals surface area contributed by atoms with E-state index in [-0.39, 0.29) is 30.0 Å². The van der Waals surface area contributed by atoms with E-state index in [1.54, 1.807) is 9.13 Å². The molecule has 0 unspecified atom stereocenters.